The fourth-order valence-corrected chi connectivity index (χ4v) is 0.335. The van der Waals surface area contributed by atoms with Crippen LogP contribution in [-0.2, 0) is 14.4 Å². The number of hydrogen-bond acceptors (Lipinski definition) is 4. The molecule has 0 atom stereocenters. The lowest BCUT2D eigenvalue weighted by Crippen LogP contribution is -1.99. The van der Waals surface area contributed by atoms with E-state index in [4.69, 9.17) is 0 Å². The predicted molar refractivity (Wildman–Crippen MR) is 32.2 cm³/mol. The Hall–Kier alpha value is -1.26. The highest BCUT2D eigenvalue weighted by atomic mass is 16.6. The molecule has 0 saturated carbocycles. The second-order valence-electron chi connectivity index (χ2n) is 1.64. The van der Waals surface area contributed by atoms with E-state index in [-0.39, 0.29) is 12.2 Å². The predicted octanol–water partition coefficient (Wildman–Crippen LogP) is 0.506. The molecular weight excluding hydrogens is 136 g/mol. The zero-order valence-electron chi connectivity index (χ0n) is 5.83. The first kappa shape index (κ1) is 8.74. The van der Waals surface area contributed by atoms with Gasteiger partial charge in [0.05, 0.1) is 6.42 Å². The molecule has 5 heteroatoms. The minimum absolute atomic E-state index is 0.215. The molecule has 0 unspecified atom stereocenters. The number of hydrogen-bond donors (Lipinski definition) is 0. The van der Waals surface area contributed by atoms with E-state index < -0.39 is 5.91 Å². The van der Waals surface area contributed by atoms with Crippen molar-refractivity contribution in [3.8, 4) is 0 Å². The van der Waals surface area contributed by atoms with Crippen LogP contribution in [0.25, 0.3) is 0 Å². The van der Waals surface area contributed by atoms with E-state index in [1.54, 1.807) is 0 Å². The van der Waals surface area contributed by atoms with Crippen LogP contribution in [0.2, 0.25) is 0 Å². The van der Waals surface area contributed by atoms with Crippen LogP contribution in [0, 0.1) is 0 Å². The first-order valence-electron chi connectivity index (χ1n) is 2.63. The van der Waals surface area contributed by atoms with Crippen LogP contribution in [0.4, 0.5) is 0 Å². The van der Waals surface area contributed by atoms with Crippen molar-refractivity contribution in [1.82, 2.24) is 0 Å². The summed E-state index contributed by atoms with van der Waals surface area (Å²) < 4.78 is 0. The molecule has 0 aliphatic heterocycles. The summed E-state index contributed by atoms with van der Waals surface area (Å²) in [6.45, 7) is 1.31. The van der Waals surface area contributed by atoms with Gasteiger partial charge in [0.25, 0.3) is 5.91 Å². The van der Waals surface area contributed by atoms with Crippen LogP contribution in [0.15, 0.2) is 10.4 Å². The van der Waals surface area contributed by atoms with Crippen molar-refractivity contribution in [1.29, 1.82) is 0 Å². The van der Waals surface area contributed by atoms with Crippen molar-refractivity contribution in [2.75, 3.05) is 7.11 Å². The van der Waals surface area contributed by atoms with Crippen molar-refractivity contribution in [2.24, 2.45) is 10.4 Å². The molecule has 0 spiro atoms. The van der Waals surface area contributed by atoms with Crippen molar-refractivity contribution >= 4 is 11.7 Å². The van der Waals surface area contributed by atoms with E-state index in [1.807, 2.05) is 0 Å². The Balaban J connectivity index is 3.64. The highest BCUT2D eigenvalue weighted by molar-refractivity contribution is 5.96. The molecule has 0 rings (SSSR count). The van der Waals surface area contributed by atoms with E-state index in [2.05, 4.69) is 15.2 Å². The van der Waals surface area contributed by atoms with Crippen LogP contribution in [-0.4, -0.2) is 18.8 Å². The Labute approximate surface area is 58.0 Å². The largest absolute Gasteiger partial charge is 0.383 e. The number of rotatable bonds is 3. The van der Waals surface area contributed by atoms with E-state index in [9.17, 15) is 9.59 Å². The molecule has 0 heterocycles. The molecule has 5 nitrogen and oxygen atoms in total. The van der Waals surface area contributed by atoms with Crippen molar-refractivity contribution < 1.29 is 14.4 Å². The third-order valence-electron chi connectivity index (χ3n) is 0.634. The van der Waals surface area contributed by atoms with E-state index in [0.29, 0.717) is 0 Å². The third kappa shape index (κ3) is 4.89. The second-order valence-corrected chi connectivity index (χ2v) is 1.64. The average Bonchev–Trinajstić information content (AvgIpc) is 1.82. The van der Waals surface area contributed by atoms with Gasteiger partial charge in [-0.1, -0.05) is 5.11 Å². The summed E-state index contributed by atoms with van der Waals surface area (Å²) in [7, 11) is 1.27. The lowest BCUT2D eigenvalue weighted by atomic mass is 10.3. The number of carbonyl (C=O) groups is 2. The smallest absolute Gasteiger partial charge is 0.275 e. The lowest BCUT2D eigenvalue weighted by Gasteiger charge is -1.85. The third-order valence-corrected chi connectivity index (χ3v) is 0.634. The summed E-state index contributed by atoms with van der Waals surface area (Å²) >= 11 is 0. The standard InChI is InChI=1S/C5H8N2O3/c1-4(8)3-5(9)6-7-10-2/h3H2,1-2H3. The quantitative estimate of drug-likeness (QED) is 0.329. The number of ketones is 1. The van der Waals surface area contributed by atoms with Gasteiger partial charge < -0.3 is 4.84 Å². The van der Waals surface area contributed by atoms with Crippen LogP contribution < -0.4 is 0 Å². The SMILES string of the molecule is CON=NC(=O)CC(C)=O. The second kappa shape index (κ2) is 4.60. The Kier molecular flexibility index (Phi) is 4.02. The maximum atomic E-state index is 10.5. The number of nitrogens with zero attached hydrogens (tertiary/aromatic N) is 2. The highest BCUT2D eigenvalue weighted by Crippen LogP contribution is 1.87. The molecule has 0 aromatic carbocycles. The van der Waals surface area contributed by atoms with Crippen LogP contribution >= 0.6 is 0 Å². The van der Waals surface area contributed by atoms with Gasteiger partial charge in [-0.05, 0) is 6.92 Å². The highest BCUT2D eigenvalue weighted by Gasteiger charge is 2.02. The molecule has 1 amide bonds. The molecule has 0 aliphatic rings. The molecule has 0 aliphatic carbocycles. The van der Waals surface area contributed by atoms with Crippen molar-refractivity contribution in [3.05, 3.63) is 0 Å². The molecule has 0 aromatic heterocycles. The maximum absolute atomic E-state index is 10.5. The molecule has 10 heavy (non-hydrogen) atoms. The molecule has 0 N–H and O–H groups in total. The summed E-state index contributed by atoms with van der Waals surface area (Å²) in [5.74, 6) is -0.825. The van der Waals surface area contributed by atoms with E-state index in [1.165, 1.54) is 14.0 Å². The van der Waals surface area contributed by atoms with Gasteiger partial charge in [0.15, 0.2) is 0 Å². The summed E-state index contributed by atoms with van der Waals surface area (Å²) in [5, 5.41) is 5.97. The molecule has 56 valence electrons. The summed E-state index contributed by atoms with van der Waals surface area (Å²) in [6, 6.07) is 0. The Morgan fingerprint density at radius 2 is 2.10 bits per heavy atom. The maximum Gasteiger partial charge on any atom is 0.275 e. The van der Waals surface area contributed by atoms with Gasteiger partial charge in [0, 0.05) is 5.28 Å². The van der Waals surface area contributed by atoms with Gasteiger partial charge in [0.1, 0.15) is 12.9 Å². The van der Waals surface area contributed by atoms with Crippen molar-refractivity contribution in [3.63, 3.8) is 0 Å². The number of amides is 1. The zero-order valence-corrected chi connectivity index (χ0v) is 5.83. The minimum Gasteiger partial charge on any atom is -0.383 e. The number of carbonyl (C=O) groups excluding carboxylic acids is 2. The summed E-state index contributed by atoms with van der Waals surface area (Å²) in [5.41, 5.74) is 0. The van der Waals surface area contributed by atoms with Crippen LogP contribution in [0.3, 0.4) is 0 Å². The Bertz CT molecular complexity index is 164. The molecule has 0 bridgehead atoms. The molecule has 0 aromatic rings. The lowest BCUT2D eigenvalue weighted by molar-refractivity contribution is -0.125. The Morgan fingerprint density at radius 1 is 1.50 bits per heavy atom. The fourth-order valence-electron chi connectivity index (χ4n) is 0.335. The summed E-state index contributed by atoms with van der Waals surface area (Å²) in [6.07, 6.45) is -0.215. The van der Waals surface area contributed by atoms with Gasteiger partial charge in [-0.2, -0.15) is 0 Å². The van der Waals surface area contributed by atoms with Crippen LogP contribution in [0.5, 0.6) is 0 Å². The van der Waals surface area contributed by atoms with Crippen molar-refractivity contribution in [2.45, 2.75) is 13.3 Å². The molecular formula is C5H8N2O3. The van der Waals surface area contributed by atoms with Gasteiger partial charge in [-0.15, -0.1) is 0 Å². The molecule has 0 saturated heterocycles. The first-order chi connectivity index (χ1) is 4.66. The van der Waals surface area contributed by atoms with Gasteiger partial charge >= 0.3 is 0 Å². The first-order valence-corrected chi connectivity index (χ1v) is 2.63. The van der Waals surface area contributed by atoms with Crippen LogP contribution in [0.1, 0.15) is 13.3 Å². The van der Waals surface area contributed by atoms with E-state index >= 15 is 0 Å². The number of Topliss-reactive ketones (excluding diaryl/α,β-unsaturated/α-hetero) is 1. The van der Waals surface area contributed by atoms with Gasteiger partial charge in [0.2, 0.25) is 0 Å². The minimum atomic E-state index is -0.589. The summed E-state index contributed by atoms with van der Waals surface area (Å²) in [4.78, 5) is 24.8. The Morgan fingerprint density at radius 3 is 2.50 bits per heavy atom. The molecule has 0 radical (unpaired) electrons. The monoisotopic (exact) mass is 144 g/mol. The normalized spacial score (nSPS) is 9.80. The average molecular weight is 144 g/mol. The fraction of sp³-hybridized carbons (Fsp3) is 0.600. The topological polar surface area (TPSA) is 68.1 Å². The molecule has 0 fully saturated rings. The van der Waals surface area contributed by atoms with E-state index in [0.717, 1.165) is 0 Å². The zero-order chi connectivity index (χ0) is 7.98. The van der Waals surface area contributed by atoms with Gasteiger partial charge in [-0.3, -0.25) is 9.59 Å². The van der Waals surface area contributed by atoms with Gasteiger partial charge in [-0.25, -0.2) is 0 Å².